The lowest BCUT2D eigenvalue weighted by Gasteiger charge is -2.21. The van der Waals surface area contributed by atoms with Crippen molar-refractivity contribution in [2.75, 3.05) is 19.6 Å². The maximum atomic E-state index is 11.8. The van der Waals surface area contributed by atoms with E-state index in [0.717, 1.165) is 38.9 Å². The molecule has 0 aromatic heterocycles. The summed E-state index contributed by atoms with van der Waals surface area (Å²) in [6.07, 6.45) is 11.1. The SMILES string of the molecule is CCCCCCCCCNC(=O)C1CCNCC1. The number of piperidine rings is 1. The molecular weight excluding hydrogens is 224 g/mol. The van der Waals surface area contributed by atoms with E-state index in [0.29, 0.717) is 0 Å². The molecule has 1 amide bonds. The highest BCUT2D eigenvalue weighted by Gasteiger charge is 2.19. The van der Waals surface area contributed by atoms with Gasteiger partial charge in [0, 0.05) is 12.5 Å². The third-order valence-corrected chi connectivity index (χ3v) is 3.79. The summed E-state index contributed by atoms with van der Waals surface area (Å²) in [5.41, 5.74) is 0. The molecule has 3 heteroatoms. The molecular formula is C15H30N2O. The first kappa shape index (κ1) is 15.5. The minimum absolute atomic E-state index is 0.260. The van der Waals surface area contributed by atoms with Gasteiger partial charge in [0.1, 0.15) is 0 Å². The van der Waals surface area contributed by atoms with Gasteiger partial charge < -0.3 is 10.6 Å². The van der Waals surface area contributed by atoms with Crippen molar-refractivity contribution < 1.29 is 4.79 Å². The van der Waals surface area contributed by atoms with Crippen LogP contribution < -0.4 is 10.6 Å². The summed E-state index contributed by atoms with van der Waals surface area (Å²) in [5, 5.41) is 6.38. The summed E-state index contributed by atoms with van der Waals surface area (Å²) >= 11 is 0. The van der Waals surface area contributed by atoms with Crippen LogP contribution in [0.3, 0.4) is 0 Å². The lowest BCUT2D eigenvalue weighted by atomic mass is 9.97. The van der Waals surface area contributed by atoms with Gasteiger partial charge in [-0.2, -0.15) is 0 Å². The van der Waals surface area contributed by atoms with Crippen LogP contribution in [0.15, 0.2) is 0 Å². The molecule has 3 nitrogen and oxygen atoms in total. The smallest absolute Gasteiger partial charge is 0.223 e. The minimum atomic E-state index is 0.260. The lowest BCUT2D eigenvalue weighted by Crippen LogP contribution is -2.38. The maximum absolute atomic E-state index is 11.8. The number of hydrogen-bond acceptors (Lipinski definition) is 2. The van der Waals surface area contributed by atoms with E-state index in [1.165, 1.54) is 38.5 Å². The minimum Gasteiger partial charge on any atom is -0.356 e. The molecule has 18 heavy (non-hydrogen) atoms. The predicted molar refractivity (Wildman–Crippen MR) is 76.6 cm³/mol. The fourth-order valence-electron chi connectivity index (χ4n) is 2.52. The molecule has 2 N–H and O–H groups in total. The molecule has 0 unspecified atom stereocenters. The fraction of sp³-hybridized carbons (Fsp3) is 0.933. The van der Waals surface area contributed by atoms with Crippen molar-refractivity contribution in [1.82, 2.24) is 10.6 Å². The molecule has 0 radical (unpaired) electrons. The van der Waals surface area contributed by atoms with Gasteiger partial charge in [-0.3, -0.25) is 4.79 Å². The highest BCUT2D eigenvalue weighted by Crippen LogP contribution is 2.11. The number of carbonyl (C=O) groups is 1. The summed E-state index contributed by atoms with van der Waals surface area (Å²) < 4.78 is 0. The molecule has 0 aromatic carbocycles. The zero-order chi connectivity index (χ0) is 13.1. The second kappa shape index (κ2) is 10.4. The van der Waals surface area contributed by atoms with Gasteiger partial charge >= 0.3 is 0 Å². The monoisotopic (exact) mass is 254 g/mol. The number of rotatable bonds is 9. The Kier molecular flexibility index (Phi) is 8.92. The normalized spacial score (nSPS) is 16.7. The maximum Gasteiger partial charge on any atom is 0.223 e. The average Bonchev–Trinajstić information content (AvgIpc) is 2.42. The molecule has 1 fully saturated rings. The van der Waals surface area contributed by atoms with Crippen molar-refractivity contribution in [2.24, 2.45) is 5.92 Å². The Bertz CT molecular complexity index is 213. The van der Waals surface area contributed by atoms with E-state index in [1.54, 1.807) is 0 Å². The second-order valence-electron chi connectivity index (χ2n) is 5.44. The van der Waals surface area contributed by atoms with E-state index in [2.05, 4.69) is 17.6 Å². The summed E-state index contributed by atoms with van der Waals surface area (Å²) in [6, 6.07) is 0. The highest BCUT2D eigenvalue weighted by molar-refractivity contribution is 5.78. The average molecular weight is 254 g/mol. The Balaban J connectivity index is 1.89. The number of nitrogens with one attached hydrogen (secondary N) is 2. The summed E-state index contributed by atoms with van der Waals surface area (Å²) in [4.78, 5) is 11.8. The van der Waals surface area contributed by atoms with Crippen molar-refractivity contribution in [2.45, 2.75) is 64.7 Å². The van der Waals surface area contributed by atoms with E-state index in [9.17, 15) is 4.79 Å². The first-order valence-electron chi connectivity index (χ1n) is 7.83. The van der Waals surface area contributed by atoms with Crippen molar-refractivity contribution in [3.63, 3.8) is 0 Å². The van der Waals surface area contributed by atoms with Gasteiger partial charge in [-0.05, 0) is 32.4 Å². The van der Waals surface area contributed by atoms with Crippen molar-refractivity contribution in [1.29, 1.82) is 0 Å². The summed E-state index contributed by atoms with van der Waals surface area (Å²) in [6.45, 7) is 5.11. The largest absolute Gasteiger partial charge is 0.356 e. The fourth-order valence-corrected chi connectivity index (χ4v) is 2.52. The van der Waals surface area contributed by atoms with Crippen LogP contribution in [-0.4, -0.2) is 25.5 Å². The third kappa shape index (κ3) is 7.00. The van der Waals surface area contributed by atoms with E-state index < -0.39 is 0 Å². The summed E-state index contributed by atoms with van der Waals surface area (Å²) in [5.74, 6) is 0.540. The van der Waals surface area contributed by atoms with Gasteiger partial charge in [-0.25, -0.2) is 0 Å². The first-order chi connectivity index (χ1) is 8.84. The standard InChI is InChI=1S/C15H30N2O/c1-2-3-4-5-6-7-8-11-17-15(18)14-9-12-16-13-10-14/h14,16H,2-13H2,1H3,(H,17,18). The van der Waals surface area contributed by atoms with E-state index in [4.69, 9.17) is 0 Å². The number of hydrogen-bond donors (Lipinski definition) is 2. The number of carbonyl (C=O) groups excluding carboxylic acids is 1. The molecule has 106 valence electrons. The molecule has 0 bridgehead atoms. The van der Waals surface area contributed by atoms with Crippen molar-refractivity contribution in [3.05, 3.63) is 0 Å². The molecule has 0 aromatic rings. The number of unbranched alkanes of at least 4 members (excludes halogenated alkanes) is 6. The molecule has 1 heterocycles. The van der Waals surface area contributed by atoms with Gasteiger partial charge in [-0.15, -0.1) is 0 Å². The third-order valence-electron chi connectivity index (χ3n) is 3.79. The van der Waals surface area contributed by atoms with E-state index in [1.807, 2.05) is 0 Å². The van der Waals surface area contributed by atoms with Crippen LogP contribution in [0.5, 0.6) is 0 Å². The van der Waals surface area contributed by atoms with Crippen LogP contribution in [0, 0.1) is 5.92 Å². The Morgan fingerprint density at radius 2 is 1.67 bits per heavy atom. The van der Waals surface area contributed by atoms with Gasteiger partial charge in [0.05, 0.1) is 0 Å². The van der Waals surface area contributed by atoms with Gasteiger partial charge in [0.15, 0.2) is 0 Å². The Labute approximate surface area is 112 Å². The van der Waals surface area contributed by atoms with Crippen LogP contribution in [0.2, 0.25) is 0 Å². The van der Waals surface area contributed by atoms with Gasteiger partial charge in [-0.1, -0.05) is 45.4 Å². The van der Waals surface area contributed by atoms with Crippen LogP contribution >= 0.6 is 0 Å². The molecule has 0 atom stereocenters. The molecule has 1 rings (SSSR count). The second-order valence-corrected chi connectivity index (χ2v) is 5.44. The summed E-state index contributed by atoms with van der Waals surface area (Å²) in [7, 11) is 0. The Morgan fingerprint density at radius 3 is 2.33 bits per heavy atom. The van der Waals surface area contributed by atoms with Gasteiger partial charge in [0.25, 0.3) is 0 Å². The quantitative estimate of drug-likeness (QED) is 0.621. The first-order valence-corrected chi connectivity index (χ1v) is 7.83. The van der Waals surface area contributed by atoms with Crippen molar-refractivity contribution >= 4 is 5.91 Å². The van der Waals surface area contributed by atoms with E-state index >= 15 is 0 Å². The topological polar surface area (TPSA) is 41.1 Å². The molecule has 0 spiro atoms. The Hall–Kier alpha value is -0.570. The zero-order valence-corrected chi connectivity index (χ0v) is 12.0. The highest BCUT2D eigenvalue weighted by atomic mass is 16.1. The molecule has 1 saturated heterocycles. The van der Waals surface area contributed by atoms with E-state index in [-0.39, 0.29) is 11.8 Å². The van der Waals surface area contributed by atoms with Crippen LogP contribution in [-0.2, 0) is 4.79 Å². The lowest BCUT2D eigenvalue weighted by molar-refractivity contribution is -0.125. The van der Waals surface area contributed by atoms with Crippen LogP contribution in [0.4, 0.5) is 0 Å². The predicted octanol–water partition coefficient (Wildman–Crippen LogP) is 2.85. The van der Waals surface area contributed by atoms with Crippen molar-refractivity contribution in [3.8, 4) is 0 Å². The van der Waals surface area contributed by atoms with Crippen LogP contribution in [0.1, 0.15) is 64.7 Å². The van der Waals surface area contributed by atoms with Gasteiger partial charge in [0.2, 0.25) is 5.91 Å². The molecule has 0 aliphatic carbocycles. The molecule has 0 saturated carbocycles. The molecule has 1 aliphatic heterocycles. The molecule has 1 aliphatic rings. The number of amides is 1. The zero-order valence-electron chi connectivity index (χ0n) is 12.0. The Morgan fingerprint density at radius 1 is 1.06 bits per heavy atom. The van der Waals surface area contributed by atoms with Crippen LogP contribution in [0.25, 0.3) is 0 Å².